The molecular formula is C14H23NaO3S. The third-order valence-corrected chi connectivity index (χ3v) is 4.09. The van der Waals surface area contributed by atoms with Gasteiger partial charge in [0, 0.05) is 0 Å². The van der Waals surface area contributed by atoms with Crippen molar-refractivity contribution in [3.63, 3.8) is 0 Å². The fourth-order valence-electron chi connectivity index (χ4n) is 1.71. The van der Waals surface area contributed by atoms with E-state index in [1.165, 1.54) is 19.3 Å². The van der Waals surface area contributed by atoms with Crippen LogP contribution in [0, 0.1) is 0 Å². The molecular weight excluding hydrogens is 271 g/mol. The Morgan fingerprint density at radius 3 is 2.16 bits per heavy atom. The van der Waals surface area contributed by atoms with E-state index in [0.29, 0.717) is 0 Å². The van der Waals surface area contributed by atoms with Crippen molar-refractivity contribution in [3.8, 4) is 0 Å². The van der Waals surface area contributed by atoms with Crippen LogP contribution in [0.1, 0.15) is 45.4 Å². The van der Waals surface area contributed by atoms with Crippen LogP contribution in [-0.4, -0.2) is 44.6 Å². The summed E-state index contributed by atoms with van der Waals surface area (Å²) < 4.78 is 28.5. The van der Waals surface area contributed by atoms with Crippen LogP contribution in [0.5, 0.6) is 0 Å². The molecule has 1 aromatic carbocycles. The predicted octanol–water partition coefficient (Wildman–Crippen LogP) is 3.10. The van der Waals surface area contributed by atoms with Crippen LogP contribution in [0.2, 0.25) is 0 Å². The van der Waals surface area contributed by atoms with Gasteiger partial charge in [-0.25, -0.2) is 0 Å². The molecule has 0 atom stereocenters. The minimum atomic E-state index is -3.56. The molecule has 0 aliphatic rings. The Balaban J connectivity index is 0.00000324. The average molecular weight is 294 g/mol. The van der Waals surface area contributed by atoms with Crippen LogP contribution in [0.25, 0.3) is 0 Å². The van der Waals surface area contributed by atoms with E-state index in [-0.39, 0.29) is 41.1 Å². The van der Waals surface area contributed by atoms with Crippen molar-refractivity contribution in [2.45, 2.75) is 50.3 Å². The Hall–Kier alpha value is 0.130. The first kappa shape index (κ1) is 19.1. The van der Waals surface area contributed by atoms with E-state index >= 15 is 0 Å². The van der Waals surface area contributed by atoms with Crippen molar-refractivity contribution in [2.24, 2.45) is 0 Å². The van der Waals surface area contributed by atoms with E-state index in [1.807, 2.05) is 0 Å². The standard InChI is InChI=1S/C14H22O3S.Na.H/c1-2-3-4-5-6-10-13-17-18(15,16)14-11-8-7-9-12-14;;/h7-9,11-12H,2-6,10,13H2,1H3;;. The zero-order valence-corrected chi connectivity index (χ0v) is 11.8. The third-order valence-electron chi connectivity index (χ3n) is 2.77. The van der Waals surface area contributed by atoms with E-state index in [0.717, 1.165) is 19.3 Å². The van der Waals surface area contributed by atoms with Crippen molar-refractivity contribution in [1.82, 2.24) is 0 Å². The van der Waals surface area contributed by atoms with Gasteiger partial charge in [-0.15, -0.1) is 0 Å². The molecule has 0 aliphatic carbocycles. The van der Waals surface area contributed by atoms with Gasteiger partial charge in [0.25, 0.3) is 10.1 Å². The average Bonchev–Trinajstić information content (AvgIpc) is 2.39. The summed E-state index contributed by atoms with van der Waals surface area (Å²) in [7, 11) is -3.56. The Morgan fingerprint density at radius 2 is 1.53 bits per heavy atom. The maximum atomic E-state index is 11.7. The first-order valence-electron chi connectivity index (χ1n) is 6.61. The summed E-state index contributed by atoms with van der Waals surface area (Å²) in [5.41, 5.74) is 0. The molecule has 0 radical (unpaired) electrons. The van der Waals surface area contributed by atoms with Crippen LogP contribution in [0.3, 0.4) is 0 Å². The Labute approximate surface area is 139 Å². The maximum absolute atomic E-state index is 11.7. The van der Waals surface area contributed by atoms with Crippen LogP contribution in [-0.2, 0) is 14.3 Å². The molecule has 3 nitrogen and oxygen atoms in total. The van der Waals surface area contributed by atoms with Crippen molar-refractivity contribution >= 4 is 39.7 Å². The molecule has 104 valence electrons. The number of rotatable bonds is 9. The van der Waals surface area contributed by atoms with Crippen LogP contribution >= 0.6 is 0 Å². The van der Waals surface area contributed by atoms with Crippen molar-refractivity contribution in [2.75, 3.05) is 6.61 Å². The molecule has 0 spiro atoms. The fourth-order valence-corrected chi connectivity index (χ4v) is 2.67. The molecule has 5 heteroatoms. The molecule has 0 aromatic heterocycles. The zero-order chi connectivity index (χ0) is 13.3. The molecule has 0 bridgehead atoms. The molecule has 0 aliphatic heterocycles. The summed E-state index contributed by atoms with van der Waals surface area (Å²) in [5, 5.41) is 0. The van der Waals surface area contributed by atoms with Gasteiger partial charge in [-0.2, -0.15) is 8.42 Å². The quantitative estimate of drug-likeness (QED) is 0.399. The minimum absolute atomic E-state index is 0. The second kappa shape index (κ2) is 10.9. The molecule has 0 unspecified atom stereocenters. The van der Waals surface area contributed by atoms with Crippen molar-refractivity contribution < 1.29 is 12.6 Å². The van der Waals surface area contributed by atoms with Crippen molar-refractivity contribution in [3.05, 3.63) is 30.3 Å². The summed E-state index contributed by atoms with van der Waals surface area (Å²) in [4.78, 5) is 0.232. The molecule has 1 aromatic rings. The summed E-state index contributed by atoms with van der Waals surface area (Å²) >= 11 is 0. The van der Waals surface area contributed by atoms with Crippen LogP contribution in [0.4, 0.5) is 0 Å². The van der Waals surface area contributed by atoms with E-state index in [1.54, 1.807) is 30.3 Å². The summed E-state index contributed by atoms with van der Waals surface area (Å²) in [6.45, 7) is 2.46. The second-order valence-electron chi connectivity index (χ2n) is 4.36. The zero-order valence-electron chi connectivity index (χ0n) is 11.0. The van der Waals surface area contributed by atoms with Gasteiger partial charge in [0.1, 0.15) is 0 Å². The monoisotopic (exact) mass is 294 g/mol. The van der Waals surface area contributed by atoms with Crippen LogP contribution in [0.15, 0.2) is 35.2 Å². The first-order chi connectivity index (χ1) is 8.67. The number of hydrogen-bond acceptors (Lipinski definition) is 3. The van der Waals surface area contributed by atoms with Gasteiger partial charge >= 0.3 is 29.6 Å². The van der Waals surface area contributed by atoms with Gasteiger partial charge < -0.3 is 0 Å². The SMILES string of the molecule is CCCCCCCCOS(=O)(=O)c1ccccc1.[NaH]. The third kappa shape index (κ3) is 8.10. The molecule has 19 heavy (non-hydrogen) atoms. The molecule has 0 fully saturated rings. The van der Waals surface area contributed by atoms with Crippen molar-refractivity contribution in [1.29, 1.82) is 0 Å². The summed E-state index contributed by atoms with van der Waals surface area (Å²) in [5.74, 6) is 0. The Bertz CT molecular complexity index is 418. The van der Waals surface area contributed by atoms with Gasteiger partial charge in [-0.05, 0) is 18.6 Å². The fraction of sp³-hybridized carbons (Fsp3) is 0.571. The first-order valence-corrected chi connectivity index (χ1v) is 8.02. The van der Waals surface area contributed by atoms with Gasteiger partial charge in [-0.3, -0.25) is 4.18 Å². The van der Waals surface area contributed by atoms with E-state index in [2.05, 4.69) is 6.92 Å². The Kier molecular flexibility index (Phi) is 10.9. The topological polar surface area (TPSA) is 43.4 Å². The molecule has 0 saturated heterocycles. The Morgan fingerprint density at radius 1 is 0.947 bits per heavy atom. The number of unbranched alkanes of at least 4 members (excludes halogenated alkanes) is 5. The normalized spacial score (nSPS) is 11.0. The van der Waals surface area contributed by atoms with Gasteiger partial charge in [-0.1, -0.05) is 57.2 Å². The summed E-state index contributed by atoms with van der Waals surface area (Å²) in [6.07, 6.45) is 6.69. The molecule has 0 N–H and O–H groups in total. The molecule has 0 amide bonds. The molecule has 0 heterocycles. The molecule has 1 rings (SSSR count). The van der Waals surface area contributed by atoms with E-state index < -0.39 is 10.1 Å². The van der Waals surface area contributed by atoms with E-state index in [9.17, 15) is 8.42 Å². The van der Waals surface area contributed by atoms with Gasteiger partial charge in [0.05, 0.1) is 11.5 Å². The summed E-state index contributed by atoms with van der Waals surface area (Å²) in [6, 6.07) is 8.28. The van der Waals surface area contributed by atoms with E-state index in [4.69, 9.17) is 4.18 Å². The van der Waals surface area contributed by atoms with Crippen LogP contribution < -0.4 is 0 Å². The number of benzene rings is 1. The predicted molar refractivity (Wildman–Crippen MR) is 80.1 cm³/mol. The van der Waals surface area contributed by atoms with Gasteiger partial charge in [0.2, 0.25) is 0 Å². The second-order valence-corrected chi connectivity index (χ2v) is 5.97. The number of hydrogen-bond donors (Lipinski definition) is 0. The molecule has 0 saturated carbocycles. The van der Waals surface area contributed by atoms with Gasteiger partial charge in [0.15, 0.2) is 0 Å².